The van der Waals surface area contributed by atoms with Crippen LogP contribution in [-0.4, -0.2) is 18.0 Å². The number of rotatable bonds is 1. The van der Waals surface area contributed by atoms with Crippen molar-refractivity contribution in [3.63, 3.8) is 0 Å². The largest absolute Gasteiger partial charge is 0.362 e. The molecule has 1 aliphatic rings. The summed E-state index contributed by atoms with van der Waals surface area (Å²) in [6.45, 7) is 3.44. The highest BCUT2D eigenvalue weighted by molar-refractivity contribution is 5.83. The van der Waals surface area contributed by atoms with E-state index in [0.29, 0.717) is 0 Å². The van der Waals surface area contributed by atoms with E-state index in [1.807, 2.05) is 6.92 Å². The first-order valence-corrected chi connectivity index (χ1v) is 2.37. The second kappa shape index (κ2) is 2.22. The van der Waals surface area contributed by atoms with E-state index in [0.717, 1.165) is 0 Å². The summed E-state index contributed by atoms with van der Waals surface area (Å²) in [5, 5.41) is 0. The Bertz CT molecular complexity index is 103. The first-order chi connectivity index (χ1) is 3.22. The van der Waals surface area contributed by atoms with Crippen LogP contribution in [0.2, 0.25) is 0 Å². The molecule has 1 aliphatic heterocycles. The van der Waals surface area contributed by atoms with Crippen LogP contribution in [0.25, 0.3) is 0 Å². The topological polar surface area (TPSA) is 29.6 Å². The lowest BCUT2D eigenvalue weighted by atomic mass is 10.3. The van der Waals surface area contributed by atoms with E-state index >= 15 is 0 Å². The maximum Gasteiger partial charge on any atom is 0.161 e. The average Bonchev–Trinajstić information content (AvgIpc) is 2.17. The predicted octanol–water partition coefficient (Wildman–Crippen LogP) is 0.515. The number of carbonyl (C=O) groups is 1. The fourth-order valence-corrected chi connectivity index (χ4v) is 0.612. The molecule has 0 amide bonds. The molecule has 48 valence electrons. The van der Waals surface area contributed by atoms with Gasteiger partial charge < -0.3 is 4.74 Å². The molecule has 0 spiro atoms. The quantitative estimate of drug-likeness (QED) is 0.472. The highest BCUT2D eigenvalue weighted by Crippen LogP contribution is 2.20. The molecule has 1 saturated heterocycles. The van der Waals surface area contributed by atoms with E-state index in [4.69, 9.17) is 4.74 Å². The maximum atomic E-state index is 10.3. The number of halogens is 1. The smallest absolute Gasteiger partial charge is 0.161 e. The number of hydrogen-bond donors (Lipinski definition) is 0. The minimum atomic E-state index is -0.0694. The summed E-state index contributed by atoms with van der Waals surface area (Å²) >= 11 is 0. The van der Waals surface area contributed by atoms with Crippen molar-refractivity contribution in [2.24, 2.45) is 0 Å². The normalized spacial score (nSPS) is 33.2. The van der Waals surface area contributed by atoms with Crippen LogP contribution in [0.5, 0.6) is 0 Å². The van der Waals surface area contributed by atoms with Gasteiger partial charge in [0, 0.05) is 0 Å². The number of carbonyl (C=O) groups excluding carboxylic acids is 1. The van der Waals surface area contributed by atoms with E-state index in [2.05, 4.69) is 0 Å². The van der Waals surface area contributed by atoms with Crippen molar-refractivity contribution in [3.8, 4) is 0 Å². The van der Waals surface area contributed by atoms with Gasteiger partial charge in [-0.2, -0.15) is 0 Å². The van der Waals surface area contributed by atoms with Gasteiger partial charge >= 0.3 is 0 Å². The maximum absolute atomic E-state index is 10.3. The van der Waals surface area contributed by atoms with E-state index in [9.17, 15) is 4.79 Å². The predicted molar refractivity (Wildman–Crippen MR) is 27.5 cm³/mol. The van der Waals surface area contributed by atoms with Gasteiger partial charge in [-0.05, 0) is 13.8 Å². The monoisotopic (exact) mass is 120 g/mol. The molecule has 0 aromatic rings. The van der Waals surface area contributed by atoms with Gasteiger partial charge in [0.2, 0.25) is 0 Å². The van der Waals surface area contributed by atoms with Gasteiger partial charge in [-0.1, -0.05) is 0 Å². The van der Waals surface area contributed by atoms with Crippen molar-refractivity contribution in [3.05, 3.63) is 0 Å². The van der Waals surface area contributed by atoms with Crippen molar-refractivity contribution < 1.29 is 14.2 Å². The molecule has 0 saturated carbocycles. The Hall–Kier alpha value is -0.440. The van der Waals surface area contributed by atoms with Crippen molar-refractivity contribution >= 4 is 5.78 Å². The number of hydrogen-bond acceptors (Lipinski definition) is 2. The number of Topliss-reactive ketones (excluding diaryl/α,β-unsaturated/α-hetero) is 1. The van der Waals surface area contributed by atoms with E-state index < -0.39 is 0 Å². The summed E-state index contributed by atoms with van der Waals surface area (Å²) in [5.74, 6) is 0.146. The molecule has 2 atom stereocenters. The van der Waals surface area contributed by atoms with E-state index in [-0.39, 0.29) is 22.7 Å². The second-order valence-corrected chi connectivity index (χ2v) is 1.87. The molecular weight excluding hydrogens is 111 g/mol. The molecule has 1 heterocycles. The van der Waals surface area contributed by atoms with Crippen LogP contribution in [-0.2, 0) is 9.53 Å². The van der Waals surface area contributed by atoms with E-state index in [1.54, 1.807) is 6.92 Å². The lowest BCUT2D eigenvalue weighted by Gasteiger charge is -1.74. The Balaban J connectivity index is 0.000000490. The van der Waals surface area contributed by atoms with Gasteiger partial charge in [-0.25, -0.2) is 0 Å². The SMILES string of the molecule is CC(=O)C1OC1C.F. The van der Waals surface area contributed by atoms with Gasteiger partial charge in [0.25, 0.3) is 0 Å². The van der Waals surface area contributed by atoms with Gasteiger partial charge in [-0.3, -0.25) is 9.50 Å². The van der Waals surface area contributed by atoms with Crippen LogP contribution in [0.3, 0.4) is 0 Å². The van der Waals surface area contributed by atoms with Gasteiger partial charge in [0.05, 0.1) is 6.10 Å². The van der Waals surface area contributed by atoms with Gasteiger partial charge in [0.15, 0.2) is 5.78 Å². The van der Waals surface area contributed by atoms with Gasteiger partial charge in [0.1, 0.15) is 6.10 Å². The molecule has 1 rings (SSSR count). The summed E-state index contributed by atoms with van der Waals surface area (Å²) in [4.78, 5) is 10.3. The Kier molecular flexibility index (Phi) is 2.10. The van der Waals surface area contributed by atoms with Crippen molar-refractivity contribution in [2.45, 2.75) is 26.1 Å². The molecule has 2 unspecified atom stereocenters. The van der Waals surface area contributed by atoms with Gasteiger partial charge in [-0.15, -0.1) is 0 Å². The highest BCUT2D eigenvalue weighted by Gasteiger charge is 2.37. The fraction of sp³-hybridized carbons (Fsp3) is 0.800. The lowest BCUT2D eigenvalue weighted by molar-refractivity contribution is -0.118. The number of epoxide rings is 1. The fourth-order valence-electron chi connectivity index (χ4n) is 0.612. The molecule has 0 aromatic heterocycles. The summed E-state index contributed by atoms with van der Waals surface area (Å²) < 4.78 is 4.83. The first-order valence-electron chi connectivity index (χ1n) is 2.37. The number of ketones is 1. The average molecular weight is 120 g/mol. The summed E-state index contributed by atoms with van der Waals surface area (Å²) in [6.07, 6.45) is 0.123. The zero-order chi connectivity index (χ0) is 5.44. The van der Waals surface area contributed by atoms with Crippen LogP contribution < -0.4 is 0 Å². The third kappa shape index (κ3) is 1.26. The molecule has 0 N–H and O–H groups in total. The molecule has 0 aromatic carbocycles. The van der Waals surface area contributed by atoms with Crippen LogP contribution in [0, 0.1) is 0 Å². The molecule has 0 aliphatic carbocycles. The molecular formula is C5H9FO2. The Labute approximate surface area is 47.2 Å². The minimum absolute atomic E-state index is 0. The van der Waals surface area contributed by atoms with Crippen LogP contribution in [0.4, 0.5) is 4.70 Å². The Morgan fingerprint density at radius 1 is 1.62 bits per heavy atom. The molecule has 0 radical (unpaired) electrons. The summed E-state index contributed by atoms with van der Waals surface area (Å²) in [5.41, 5.74) is 0. The second-order valence-electron chi connectivity index (χ2n) is 1.87. The molecule has 2 nitrogen and oxygen atoms in total. The third-order valence-corrected chi connectivity index (χ3v) is 1.11. The van der Waals surface area contributed by atoms with Crippen molar-refractivity contribution in [1.82, 2.24) is 0 Å². The Morgan fingerprint density at radius 3 is 2.00 bits per heavy atom. The molecule has 3 heteroatoms. The Morgan fingerprint density at radius 2 is 2.00 bits per heavy atom. The first kappa shape index (κ1) is 7.56. The summed E-state index contributed by atoms with van der Waals surface area (Å²) in [6, 6.07) is 0. The zero-order valence-corrected chi connectivity index (χ0v) is 4.88. The van der Waals surface area contributed by atoms with Crippen LogP contribution >= 0.6 is 0 Å². The molecule has 0 bridgehead atoms. The standard InChI is InChI=1S/C5H8O2.FH/c1-3(6)5-4(2)7-5;/h4-5H,1-2H3;1H. The van der Waals surface area contributed by atoms with Crippen molar-refractivity contribution in [2.75, 3.05) is 0 Å². The highest BCUT2D eigenvalue weighted by atomic mass is 19.0. The third-order valence-electron chi connectivity index (χ3n) is 1.11. The van der Waals surface area contributed by atoms with E-state index in [1.165, 1.54) is 0 Å². The van der Waals surface area contributed by atoms with Crippen molar-refractivity contribution in [1.29, 1.82) is 0 Å². The number of ether oxygens (including phenoxy) is 1. The lowest BCUT2D eigenvalue weighted by Crippen LogP contribution is -2.01. The summed E-state index contributed by atoms with van der Waals surface area (Å²) in [7, 11) is 0. The molecule has 8 heavy (non-hydrogen) atoms. The zero-order valence-electron chi connectivity index (χ0n) is 4.88. The van der Waals surface area contributed by atoms with Crippen LogP contribution in [0.15, 0.2) is 0 Å². The molecule has 1 fully saturated rings. The minimum Gasteiger partial charge on any atom is -0.362 e. The van der Waals surface area contributed by atoms with Crippen LogP contribution in [0.1, 0.15) is 13.8 Å².